The predicted molar refractivity (Wildman–Crippen MR) is 82.4 cm³/mol. The molecule has 1 saturated heterocycles. The fourth-order valence-corrected chi connectivity index (χ4v) is 3.02. The quantitative estimate of drug-likeness (QED) is 0.781. The van der Waals surface area contributed by atoms with Gasteiger partial charge in [0.15, 0.2) is 0 Å². The number of hydrogen-bond acceptors (Lipinski definition) is 3. The molecule has 1 aliphatic rings. The third kappa shape index (κ3) is 2.69. The van der Waals surface area contributed by atoms with Crippen LogP contribution >= 0.6 is 0 Å². The van der Waals surface area contributed by atoms with Crippen molar-refractivity contribution in [3.05, 3.63) is 36.0 Å². The van der Waals surface area contributed by atoms with Crippen LogP contribution in [0.2, 0.25) is 0 Å². The van der Waals surface area contributed by atoms with Crippen LogP contribution in [-0.2, 0) is 4.79 Å². The van der Waals surface area contributed by atoms with Gasteiger partial charge in [-0.25, -0.2) is 0 Å². The largest absolute Gasteiger partial charge is 0.396 e. The summed E-state index contributed by atoms with van der Waals surface area (Å²) in [5, 5.41) is 13.2. The van der Waals surface area contributed by atoms with E-state index in [1.54, 1.807) is 11.0 Å². The topological polar surface area (TPSA) is 85.4 Å². The summed E-state index contributed by atoms with van der Waals surface area (Å²) in [6, 6.07) is 7.26. The van der Waals surface area contributed by atoms with Crippen molar-refractivity contribution in [3.8, 4) is 0 Å². The summed E-state index contributed by atoms with van der Waals surface area (Å²) in [4.78, 5) is 28.6. The fourth-order valence-electron chi connectivity index (χ4n) is 3.02. The van der Waals surface area contributed by atoms with Crippen LogP contribution in [0, 0.1) is 5.92 Å². The first-order chi connectivity index (χ1) is 10.6. The van der Waals surface area contributed by atoms with Gasteiger partial charge in [0.2, 0.25) is 5.91 Å². The summed E-state index contributed by atoms with van der Waals surface area (Å²) in [6.45, 7) is 2.27. The molecule has 0 unspecified atom stereocenters. The molecule has 2 aromatic rings. The van der Waals surface area contributed by atoms with Crippen LogP contribution in [0.15, 0.2) is 30.5 Å². The average Bonchev–Trinajstić information content (AvgIpc) is 3.11. The van der Waals surface area contributed by atoms with Crippen LogP contribution in [0.1, 0.15) is 17.3 Å². The van der Waals surface area contributed by atoms with Gasteiger partial charge in [0.05, 0.1) is 6.04 Å². The van der Waals surface area contributed by atoms with Crippen molar-refractivity contribution in [2.75, 3.05) is 19.7 Å². The highest BCUT2D eigenvalue weighted by atomic mass is 16.3. The Morgan fingerprint density at radius 2 is 2.18 bits per heavy atom. The number of aromatic nitrogens is 1. The number of aliphatic hydroxyl groups is 1. The molecule has 0 bridgehead atoms. The molecule has 2 amide bonds. The van der Waals surface area contributed by atoms with E-state index in [0.29, 0.717) is 18.7 Å². The van der Waals surface area contributed by atoms with E-state index < -0.39 is 0 Å². The zero-order valence-electron chi connectivity index (χ0n) is 12.4. The number of carbonyl (C=O) groups is 2. The number of nitrogens with zero attached hydrogens (tertiary/aromatic N) is 1. The molecule has 22 heavy (non-hydrogen) atoms. The maximum atomic E-state index is 12.6. The number of nitrogens with one attached hydrogen (secondary N) is 2. The monoisotopic (exact) mass is 301 g/mol. The van der Waals surface area contributed by atoms with E-state index in [4.69, 9.17) is 0 Å². The molecular weight excluding hydrogens is 282 g/mol. The lowest BCUT2D eigenvalue weighted by atomic mass is 10.1. The number of amides is 2. The summed E-state index contributed by atoms with van der Waals surface area (Å²) in [5.74, 6) is -0.343. The number of aromatic amines is 1. The molecular formula is C16H19N3O3. The average molecular weight is 301 g/mol. The zero-order valence-corrected chi connectivity index (χ0v) is 12.4. The van der Waals surface area contributed by atoms with E-state index in [-0.39, 0.29) is 30.4 Å². The molecule has 1 fully saturated rings. The minimum atomic E-state index is -0.192. The molecule has 2 atom stereocenters. The second-order valence-electron chi connectivity index (χ2n) is 5.74. The number of rotatable bonds is 3. The number of likely N-dealkylation sites (tertiary alicyclic amines) is 1. The zero-order chi connectivity index (χ0) is 15.7. The van der Waals surface area contributed by atoms with E-state index in [0.717, 1.165) is 10.9 Å². The van der Waals surface area contributed by atoms with Crippen LogP contribution in [-0.4, -0.2) is 52.5 Å². The van der Waals surface area contributed by atoms with Gasteiger partial charge in [-0.3, -0.25) is 9.59 Å². The summed E-state index contributed by atoms with van der Waals surface area (Å²) in [5.41, 5.74) is 1.61. The molecule has 0 aliphatic carbocycles. The Morgan fingerprint density at radius 1 is 1.36 bits per heavy atom. The maximum absolute atomic E-state index is 12.6. The molecule has 0 saturated carbocycles. The second kappa shape index (κ2) is 5.81. The maximum Gasteiger partial charge on any atom is 0.253 e. The van der Waals surface area contributed by atoms with Crippen molar-refractivity contribution in [2.24, 2.45) is 5.92 Å². The van der Waals surface area contributed by atoms with Crippen molar-refractivity contribution in [1.29, 1.82) is 0 Å². The number of fused-ring (bicyclic) bond motifs is 1. The van der Waals surface area contributed by atoms with E-state index in [2.05, 4.69) is 10.3 Å². The third-order valence-corrected chi connectivity index (χ3v) is 4.15. The number of hydrogen-bond donors (Lipinski definition) is 3. The summed E-state index contributed by atoms with van der Waals surface area (Å²) in [7, 11) is 0. The Labute approximate surface area is 128 Å². The summed E-state index contributed by atoms with van der Waals surface area (Å²) < 4.78 is 0. The Bertz CT molecular complexity index is 709. The summed E-state index contributed by atoms with van der Waals surface area (Å²) >= 11 is 0. The molecule has 3 rings (SSSR count). The minimum Gasteiger partial charge on any atom is -0.396 e. The molecule has 3 N–H and O–H groups in total. The highest BCUT2D eigenvalue weighted by Crippen LogP contribution is 2.21. The molecule has 1 aliphatic heterocycles. The molecule has 6 nitrogen and oxygen atoms in total. The standard InChI is InChI=1S/C16H19N3O3/c1-10(21)18-15-8-19(7-13(15)9-20)16(22)12-2-3-14-11(6-12)4-5-17-14/h2-6,13,15,17,20H,7-9H2,1H3,(H,18,21)/t13-,15+/m0/s1. The van der Waals surface area contributed by atoms with Crippen molar-refractivity contribution < 1.29 is 14.7 Å². The lowest BCUT2D eigenvalue weighted by Gasteiger charge is -2.17. The number of aliphatic hydroxyl groups excluding tert-OH is 1. The lowest BCUT2D eigenvalue weighted by Crippen LogP contribution is -2.40. The van der Waals surface area contributed by atoms with E-state index in [9.17, 15) is 14.7 Å². The Balaban J connectivity index is 1.78. The van der Waals surface area contributed by atoms with Gasteiger partial charge in [-0.05, 0) is 24.3 Å². The van der Waals surface area contributed by atoms with Gasteiger partial charge in [0.1, 0.15) is 0 Å². The second-order valence-corrected chi connectivity index (χ2v) is 5.74. The predicted octanol–water partition coefficient (Wildman–Crippen LogP) is 0.737. The SMILES string of the molecule is CC(=O)N[C@@H]1CN(C(=O)c2ccc3[nH]ccc3c2)C[C@H]1CO. The molecule has 0 radical (unpaired) electrons. The molecule has 6 heteroatoms. The van der Waals surface area contributed by atoms with Gasteiger partial charge in [-0.15, -0.1) is 0 Å². The first kappa shape index (κ1) is 14.6. The third-order valence-electron chi connectivity index (χ3n) is 4.15. The van der Waals surface area contributed by atoms with E-state index in [1.807, 2.05) is 24.4 Å². The number of H-pyrrole nitrogens is 1. The van der Waals surface area contributed by atoms with Crippen molar-refractivity contribution in [3.63, 3.8) is 0 Å². The highest BCUT2D eigenvalue weighted by Gasteiger charge is 2.35. The molecule has 1 aromatic carbocycles. The first-order valence-electron chi connectivity index (χ1n) is 7.33. The Morgan fingerprint density at radius 3 is 2.91 bits per heavy atom. The van der Waals surface area contributed by atoms with Crippen LogP contribution in [0.5, 0.6) is 0 Å². The molecule has 1 aromatic heterocycles. The number of benzene rings is 1. The summed E-state index contributed by atoms with van der Waals surface area (Å²) in [6.07, 6.45) is 1.84. The van der Waals surface area contributed by atoms with Crippen LogP contribution in [0.25, 0.3) is 10.9 Å². The lowest BCUT2D eigenvalue weighted by molar-refractivity contribution is -0.119. The van der Waals surface area contributed by atoms with Crippen LogP contribution in [0.4, 0.5) is 0 Å². The van der Waals surface area contributed by atoms with Gasteiger partial charge in [0, 0.05) is 55.2 Å². The van der Waals surface area contributed by atoms with Gasteiger partial charge >= 0.3 is 0 Å². The molecule has 2 heterocycles. The number of carbonyl (C=O) groups excluding carboxylic acids is 2. The smallest absolute Gasteiger partial charge is 0.253 e. The highest BCUT2D eigenvalue weighted by molar-refractivity contribution is 5.98. The fraction of sp³-hybridized carbons (Fsp3) is 0.375. The van der Waals surface area contributed by atoms with Gasteiger partial charge in [-0.1, -0.05) is 0 Å². The Kier molecular flexibility index (Phi) is 3.85. The first-order valence-corrected chi connectivity index (χ1v) is 7.33. The normalized spacial score (nSPS) is 21.3. The van der Waals surface area contributed by atoms with Crippen LogP contribution < -0.4 is 5.32 Å². The van der Waals surface area contributed by atoms with Gasteiger partial charge in [-0.2, -0.15) is 0 Å². The van der Waals surface area contributed by atoms with Crippen LogP contribution in [0.3, 0.4) is 0 Å². The minimum absolute atomic E-state index is 0.0500. The van der Waals surface area contributed by atoms with Gasteiger partial charge in [0.25, 0.3) is 5.91 Å². The van der Waals surface area contributed by atoms with Crippen molar-refractivity contribution in [2.45, 2.75) is 13.0 Å². The van der Waals surface area contributed by atoms with Crippen molar-refractivity contribution in [1.82, 2.24) is 15.2 Å². The van der Waals surface area contributed by atoms with E-state index in [1.165, 1.54) is 6.92 Å². The van der Waals surface area contributed by atoms with Gasteiger partial charge < -0.3 is 20.3 Å². The van der Waals surface area contributed by atoms with Crippen molar-refractivity contribution >= 4 is 22.7 Å². The van der Waals surface area contributed by atoms with E-state index >= 15 is 0 Å². The Hall–Kier alpha value is -2.34. The molecule has 116 valence electrons. The molecule has 0 spiro atoms.